The van der Waals surface area contributed by atoms with Crippen LogP contribution in [-0.4, -0.2) is 54.0 Å². The molecule has 4 rings (SSSR count). The molecule has 1 saturated heterocycles. The molecule has 3 heterocycles. The van der Waals surface area contributed by atoms with E-state index in [4.69, 9.17) is 9.26 Å². The van der Waals surface area contributed by atoms with E-state index in [0.717, 1.165) is 38.3 Å². The number of anilines is 1. The van der Waals surface area contributed by atoms with Crippen molar-refractivity contribution >= 4 is 15.9 Å². The van der Waals surface area contributed by atoms with E-state index in [1.165, 1.54) is 24.5 Å². The summed E-state index contributed by atoms with van der Waals surface area (Å²) in [6, 6.07) is 4.30. The van der Waals surface area contributed by atoms with Crippen LogP contribution in [0, 0.1) is 11.7 Å². The first-order valence-corrected chi connectivity index (χ1v) is 13.1. The second-order valence-corrected chi connectivity index (χ2v) is 10.9. The van der Waals surface area contributed by atoms with Gasteiger partial charge in [-0.2, -0.15) is 4.98 Å². The number of rotatable bonds is 7. The second-order valence-electron chi connectivity index (χ2n) is 8.89. The van der Waals surface area contributed by atoms with Crippen molar-refractivity contribution in [2.75, 3.05) is 24.2 Å². The van der Waals surface area contributed by atoms with Gasteiger partial charge in [-0.3, -0.25) is 0 Å². The van der Waals surface area contributed by atoms with Gasteiger partial charge in [-0.15, -0.1) is 0 Å². The van der Waals surface area contributed by atoms with Gasteiger partial charge < -0.3 is 14.2 Å². The van der Waals surface area contributed by atoms with Gasteiger partial charge in [0.2, 0.25) is 5.88 Å². The molecular weight excluding hydrogens is 461 g/mol. The average Bonchev–Trinajstić information content (AvgIpc) is 3.30. The molecule has 34 heavy (non-hydrogen) atoms. The number of hydrogen-bond donors (Lipinski definition) is 0. The Morgan fingerprint density at radius 2 is 1.88 bits per heavy atom. The minimum Gasteiger partial charge on any atom is -0.473 e. The number of aromatic nitrogens is 4. The maximum Gasteiger partial charge on any atom is 0.324 e. The Hall–Kier alpha value is -3.08. The van der Waals surface area contributed by atoms with Gasteiger partial charge in [0.15, 0.2) is 15.7 Å². The molecule has 0 amide bonds. The molecule has 2 aromatic heterocycles. The number of piperidine rings is 1. The topological polar surface area (TPSA) is 111 Å². The SMILES string of the molecule is CC(C)c1noc(N2CCC([C@H](C)Oc3cnc(-c4ccc(S(C)(=O)=O)cc4F)cn3)CC2)n1. The summed E-state index contributed by atoms with van der Waals surface area (Å²) in [5.41, 5.74) is 0.472. The molecule has 0 saturated carbocycles. The molecule has 11 heteroatoms. The van der Waals surface area contributed by atoms with Gasteiger partial charge in [-0.25, -0.2) is 22.8 Å². The van der Waals surface area contributed by atoms with Crippen LogP contribution in [0.25, 0.3) is 11.3 Å². The summed E-state index contributed by atoms with van der Waals surface area (Å²) in [7, 11) is -3.49. The van der Waals surface area contributed by atoms with E-state index in [2.05, 4.69) is 25.0 Å². The molecule has 1 aliphatic rings. The highest BCUT2D eigenvalue weighted by molar-refractivity contribution is 7.90. The summed E-state index contributed by atoms with van der Waals surface area (Å²) in [6.45, 7) is 7.65. The van der Waals surface area contributed by atoms with Crippen LogP contribution in [0.1, 0.15) is 45.4 Å². The molecule has 0 aliphatic carbocycles. The summed E-state index contributed by atoms with van der Waals surface area (Å²) in [5.74, 6) is 0.936. The highest BCUT2D eigenvalue weighted by Gasteiger charge is 2.28. The summed E-state index contributed by atoms with van der Waals surface area (Å²) < 4.78 is 49.0. The van der Waals surface area contributed by atoms with Crippen molar-refractivity contribution in [1.82, 2.24) is 20.1 Å². The quantitative estimate of drug-likeness (QED) is 0.488. The third-order valence-electron chi connectivity index (χ3n) is 6.00. The first kappa shape index (κ1) is 24.1. The van der Waals surface area contributed by atoms with E-state index >= 15 is 0 Å². The van der Waals surface area contributed by atoms with E-state index in [1.54, 1.807) is 0 Å². The monoisotopic (exact) mass is 489 g/mol. The van der Waals surface area contributed by atoms with Crippen LogP contribution in [0.5, 0.6) is 5.88 Å². The van der Waals surface area contributed by atoms with Gasteiger partial charge in [-0.05, 0) is 43.9 Å². The lowest BCUT2D eigenvalue weighted by Crippen LogP contribution is -2.39. The molecule has 1 fully saturated rings. The Labute approximate surface area is 198 Å². The Morgan fingerprint density at radius 3 is 2.44 bits per heavy atom. The molecule has 3 aromatic rings. The first-order chi connectivity index (χ1) is 16.1. The van der Waals surface area contributed by atoms with Crippen molar-refractivity contribution in [3.8, 4) is 17.1 Å². The average molecular weight is 490 g/mol. The first-order valence-electron chi connectivity index (χ1n) is 11.2. The fourth-order valence-corrected chi connectivity index (χ4v) is 4.52. The smallest absolute Gasteiger partial charge is 0.324 e. The number of sulfone groups is 1. The van der Waals surface area contributed by atoms with Crippen LogP contribution >= 0.6 is 0 Å². The summed E-state index contributed by atoms with van der Waals surface area (Å²) >= 11 is 0. The molecule has 0 unspecified atom stereocenters. The normalized spacial score (nSPS) is 16.1. The number of nitrogens with zero attached hydrogens (tertiary/aromatic N) is 5. The van der Waals surface area contributed by atoms with Gasteiger partial charge in [0.1, 0.15) is 11.9 Å². The van der Waals surface area contributed by atoms with E-state index in [0.29, 0.717) is 29.3 Å². The Bertz CT molecular complexity index is 1240. The molecule has 0 spiro atoms. The van der Waals surface area contributed by atoms with Crippen LogP contribution < -0.4 is 9.64 Å². The number of hydrogen-bond acceptors (Lipinski definition) is 9. The zero-order chi connectivity index (χ0) is 24.5. The zero-order valence-electron chi connectivity index (χ0n) is 19.6. The molecular formula is C23H28FN5O4S. The van der Waals surface area contributed by atoms with Crippen LogP contribution in [0.4, 0.5) is 10.4 Å². The summed E-state index contributed by atoms with van der Waals surface area (Å²) in [5, 5.41) is 4.03. The third kappa shape index (κ3) is 5.35. The molecule has 1 aromatic carbocycles. The van der Waals surface area contributed by atoms with Crippen molar-refractivity contribution in [3.05, 3.63) is 42.2 Å². The number of ether oxygens (including phenoxy) is 1. The minimum absolute atomic E-state index is 0.0815. The van der Waals surface area contributed by atoms with Crippen LogP contribution in [-0.2, 0) is 9.84 Å². The maximum absolute atomic E-state index is 14.4. The predicted molar refractivity (Wildman–Crippen MR) is 124 cm³/mol. The van der Waals surface area contributed by atoms with Gasteiger partial charge in [0.05, 0.1) is 23.0 Å². The van der Waals surface area contributed by atoms with Gasteiger partial charge in [0, 0.05) is 30.8 Å². The van der Waals surface area contributed by atoms with Gasteiger partial charge >= 0.3 is 6.01 Å². The van der Waals surface area contributed by atoms with Crippen molar-refractivity contribution < 1.29 is 22.1 Å². The number of benzene rings is 1. The predicted octanol–water partition coefficient (Wildman–Crippen LogP) is 3.88. The lowest BCUT2D eigenvalue weighted by Gasteiger charge is -2.33. The van der Waals surface area contributed by atoms with Crippen LogP contribution in [0.15, 0.2) is 40.0 Å². The highest BCUT2D eigenvalue weighted by Crippen LogP contribution is 2.28. The fourth-order valence-electron chi connectivity index (χ4n) is 3.89. The standard InChI is InChI=1S/C23H28FN5O4S/c1-14(2)22-27-23(33-28-22)29-9-7-16(8-10-29)15(3)32-21-13-25-20(12-26-21)18-6-5-17(11-19(18)24)34(4,30)31/h5-6,11-16H,7-10H2,1-4H3/t15-/m0/s1. The van der Waals surface area contributed by atoms with Crippen molar-refractivity contribution in [1.29, 1.82) is 0 Å². The fraction of sp³-hybridized carbons (Fsp3) is 0.478. The molecule has 9 nitrogen and oxygen atoms in total. The molecule has 0 bridgehead atoms. The Kier molecular flexibility index (Phi) is 6.83. The van der Waals surface area contributed by atoms with E-state index in [9.17, 15) is 12.8 Å². The molecule has 0 radical (unpaired) electrons. The molecule has 1 aliphatic heterocycles. The largest absolute Gasteiger partial charge is 0.473 e. The molecule has 1 atom stereocenters. The van der Waals surface area contributed by atoms with E-state index in [1.807, 2.05) is 20.8 Å². The Morgan fingerprint density at radius 1 is 1.15 bits per heavy atom. The van der Waals surface area contributed by atoms with E-state index < -0.39 is 15.7 Å². The molecule has 182 valence electrons. The van der Waals surface area contributed by atoms with Crippen molar-refractivity contribution in [2.45, 2.75) is 50.5 Å². The van der Waals surface area contributed by atoms with Gasteiger partial charge in [-0.1, -0.05) is 19.0 Å². The summed E-state index contributed by atoms with van der Waals surface area (Å²) in [6.07, 6.45) is 5.64. The lowest BCUT2D eigenvalue weighted by atomic mass is 9.92. The third-order valence-corrected chi connectivity index (χ3v) is 7.11. The van der Waals surface area contributed by atoms with Crippen molar-refractivity contribution in [3.63, 3.8) is 0 Å². The summed E-state index contributed by atoms with van der Waals surface area (Å²) in [4.78, 5) is 15.0. The second kappa shape index (κ2) is 9.65. The van der Waals surface area contributed by atoms with Crippen molar-refractivity contribution in [2.24, 2.45) is 5.92 Å². The van der Waals surface area contributed by atoms with E-state index in [-0.39, 0.29) is 22.5 Å². The van der Waals surface area contributed by atoms with Crippen LogP contribution in [0.3, 0.4) is 0 Å². The molecule has 0 N–H and O–H groups in total. The lowest BCUT2D eigenvalue weighted by molar-refractivity contribution is 0.126. The zero-order valence-corrected chi connectivity index (χ0v) is 20.4. The highest BCUT2D eigenvalue weighted by atomic mass is 32.2. The van der Waals surface area contributed by atoms with Gasteiger partial charge in [0.25, 0.3) is 0 Å². The van der Waals surface area contributed by atoms with Crippen LogP contribution in [0.2, 0.25) is 0 Å². The Balaban J connectivity index is 1.35. The number of halogens is 1. The maximum atomic E-state index is 14.4. The minimum atomic E-state index is -3.49.